The summed E-state index contributed by atoms with van der Waals surface area (Å²) in [4.78, 5) is 54.4. The number of aromatic amines is 1. The molecule has 5 heterocycles. The van der Waals surface area contributed by atoms with E-state index in [9.17, 15) is 18.8 Å². The summed E-state index contributed by atoms with van der Waals surface area (Å²) in [5.41, 5.74) is 0.411. The molecule has 1 saturated heterocycles. The zero-order valence-corrected chi connectivity index (χ0v) is 18.9. The Morgan fingerprint density at radius 3 is 2.97 bits per heavy atom. The van der Waals surface area contributed by atoms with Crippen LogP contribution < -0.4 is 16.6 Å². The van der Waals surface area contributed by atoms with Crippen molar-refractivity contribution in [1.29, 1.82) is 0 Å². The summed E-state index contributed by atoms with van der Waals surface area (Å²) >= 11 is 0. The molecule has 1 fully saturated rings. The third-order valence-corrected chi connectivity index (χ3v) is 6.01. The van der Waals surface area contributed by atoms with Crippen molar-refractivity contribution in [2.75, 3.05) is 18.4 Å². The van der Waals surface area contributed by atoms with Crippen molar-refractivity contribution in [1.82, 2.24) is 33.8 Å². The lowest BCUT2D eigenvalue weighted by Gasteiger charge is -2.33. The summed E-state index contributed by atoms with van der Waals surface area (Å²) in [6.07, 6.45) is 7.43. The van der Waals surface area contributed by atoms with Crippen molar-refractivity contribution in [3.05, 3.63) is 75.2 Å². The molecule has 0 spiro atoms. The monoisotopic (exact) mass is 478 g/mol. The van der Waals surface area contributed by atoms with Gasteiger partial charge in [-0.05, 0) is 38.0 Å². The second-order valence-corrected chi connectivity index (χ2v) is 8.48. The number of hydrogen-bond donors (Lipinski definition) is 2. The number of aromatic nitrogens is 6. The van der Waals surface area contributed by atoms with Crippen molar-refractivity contribution in [3.63, 3.8) is 0 Å². The molecule has 0 radical (unpaired) electrons. The minimum atomic E-state index is -0.610. The molecule has 4 aromatic rings. The Balaban J connectivity index is 1.30. The summed E-state index contributed by atoms with van der Waals surface area (Å²) < 4.78 is 16.2. The number of H-pyrrole nitrogens is 1. The van der Waals surface area contributed by atoms with Gasteiger partial charge in [-0.1, -0.05) is 0 Å². The fourth-order valence-electron chi connectivity index (χ4n) is 4.21. The molecule has 11 nitrogen and oxygen atoms in total. The van der Waals surface area contributed by atoms with Gasteiger partial charge in [-0.25, -0.2) is 24.1 Å². The number of aryl methyl sites for hydroxylation is 1. The largest absolute Gasteiger partial charge is 0.365 e. The topological polar surface area (TPSA) is 130 Å². The van der Waals surface area contributed by atoms with Crippen LogP contribution >= 0.6 is 0 Å². The lowest BCUT2D eigenvalue weighted by atomic mass is 10.1. The standard InChI is InChI=1S/C23H23FN8O3/c1-14-9-27-23(35)32(22(14)34)13-20(33)30-8-2-3-16(12-30)28-18-6-7-25-21(29-18)17-10-26-19-5-4-15(24)11-31(17)19/h4-7,9-11,16H,2-3,8,12-13H2,1H3,(H,27,35)(H,25,28,29). The zero-order chi connectivity index (χ0) is 24.5. The first-order valence-corrected chi connectivity index (χ1v) is 11.2. The molecule has 1 aliphatic rings. The third-order valence-electron chi connectivity index (χ3n) is 6.01. The van der Waals surface area contributed by atoms with Crippen molar-refractivity contribution >= 4 is 17.4 Å². The quantitative estimate of drug-likeness (QED) is 0.441. The van der Waals surface area contributed by atoms with Crippen molar-refractivity contribution < 1.29 is 9.18 Å². The fourth-order valence-corrected chi connectivity index (χ4v) is 4.21. The number of rotatable bonds is 5. The van der Waals surface area contributed by atoms with Gasteiger partial charge in [-0.3, -0.25) is 18.6 Å². The number of carbonyl (C=O) groups excluding carboxylic acids is 1. The number of piperidine rings is 1. The number of anilines is 1. The highest BCUT2D eigenvalue weighted by molar-refractivity contribution is 5.76. The number of likely N-dealkylation sites (tertiary alicyclic amines) is 1. The maximum absolute atomic E-state index is 13.7. The van der Waals surface area contributed by atoms with Crippen LogP contribution in [0.15, 0.2) is 52.6 Å². The van der Waals surface area contributed by atoms with E-state index in [0.29, 0.717) is 41.6 Å². The predicted octanol–water partition coefficient (Wildman–Crippen LogP) is 1.19. The molecular formula is C23H23FN8O3. The number of pyridine rings is 1. The molecule has 35 heavy (non-hydrogen) atoms. The first-order valence-electron chi connectivity index (χ1n) is 11.2. The summed E-state index contributed by atoms with van der Waals surface area (Å²) in [5.74, 6) is 0.251. The van der Waals surface area contributed by atoms with E-state index >= 15 is 0 Å². The molecule has 4 aromatic heterocycles. The van der Waals surface area contributed by atoms with Gasteiger partial charge in [0, 0.05) is 43.3 Å². The van der Waals surface area contributed by atoms with E-state index in [4.69, 9.17) is 0 Å². The van der Waals surface area contributed by atoms with Gasteiger partial charge in [0.1, 0.15) is 29.5 Å². The second kappa shape index (κ2) is 9.12. The van der Waals surface area contributed by atoms with Gasteiger partial charge in [0.15, 0.2) is 5.82 Å². The van der Waals surface area contributed by atoms with Gasteiger partial charge in [0.05, 0.1) is 6.20 Å². The van der Waals surface area contributed by atoms with Crippen LogP contribution in [-0.2, 0) is 11.3 Å². The van der Waals surface area contributed by atoms with Gasteiger partial charge in [-0.15, -0.1) is 0 Å². The van der Waals surface area contributed by atoms with Gasteiger partial charge in [0.25, 0.3) is 5.56 Å². The van der Waals surface area contributed by atoms with Crippen molar-refractivity contribution in [2.24, 2.45) is 0 Å². The van der Waals surface area contributed by atoms with E-state index in [0.717, 1.165) is 17.4 Å². The van der Waals surface area contributed by atoms with Crippen LogP contribution in [-0.4, -0.2) is 58.8 Å². The Bertz CT molecular complexity index is 1530. The van der Waals surface area contributed by atoms with E-state index < -0.39 is 17.1 Å². The minimum Gasteiger partial charge on any atom is -0.365 e. The fraction of sp³-hybridized carbons (Fsp3) is 0.304. The molecule has 1 atom stereocenters. The van der Waals surface area contributed by atoms with E-state index in [1.54, 1.807) is 40.8 Å². The van der Waals surface area contributed by atoms with Crippen LogP contribution in [0.4, 0.5) is 10.2 Å². The number of amides is 1. The van der Waals surface area contributed by atoms with Gasteiger partial charge < -0.3 is 15.2 Å². The molecule has 2 N–H and O–H groups in total. The summed E-state index contributed by atoms with van der Waals surface area (Å²) in [6.45, 7) is 2.21. The minimum absolute atomic E-state index is 0.0809. The van der Waals surface area contributed by atoms with Crippen LogP contribution in [0.2, 0.25) is 0 Å². The molecule has 0 saturated carbocycles. The lowest BCUT2D eigenvalue weighted by molar-refractivity contribution is -0.133. The van der Waals surface area contributed by atoms with Gasteiger partial charge in [-0.2, -0.15) is 0 Å². The highest BCUT2D eigenvalue weighted by Crippen LogP contribution is 2.20. The SMILES string of the molecule is Cc1c[nH]c(=O)n(CC(=O)N2CCCC(Nc3ccnc(-c4cnc5ccc(F)cn45)n3)C2)c1=O. The van der Waals surface area contributed by atoms with E-state index in [-0.39, 0.29) is 18.5 Å². The number of fused-ring (bicyclic) bond motifs is 1. The van der Waals surface area contributed by atoms with Crippen LogP contribution in [0.25, 0.3) is 17.2 Å². The molecule has 0 aliphatic carbocycles. The maximum Gasteiger partial charge on any atom is 0.328 e. The van der Waals surface area contributed by atoms with Crippen LogP contribution in [0, 0.1) is 12.7 Å². The molecular weight excluding hydrogens is 455 g/mol. The third kappa shape index (κ3) is 4.54. The molecule has 1 amide bonds. The molecule has 12 heteroatoms. The zero-order valence-electron chi connectivity index (χ0n) is 18.9. The average Bonchev–Trinajstić information content (AvgIpc) is 3.27. The Morgan fingerprint density at radius 2 is 2.11 bits per heavy atom. The first-order chi connectivity index (χ1) is 16.9. The molecule has 1 unspecified atom stereocenters. The molecule has 0 bridgehead atoms. The maximum atomic E-state index is 13.7. The number of hydrogen-bond acceptors (Lipinski definition) is 7. The van der Waals surface area contributed by atoms with Crippen molar-refractivity contribution in [2.45, 2.75) is 32.4 Å². The highest BCUT2D eigenvalue weighted by Gasteiger charge is 2.25. The summed E-state index contributed by atoms with van der Waals surface area (Å²) in [7, 11) is 0. The Kier molecular flexibility index (Phi) is 5.85. The molecule has 180 valence electrons. The van der Waals surface area contributed by atoms with Gasteiger partial charge in [0.2, 0.25) is 5.91 Å². The van der Waals surface area contributed by atoms with Crippen LogP contribution in [0.5, 0.6) is 0 Å². The second-order valence-electron chi connectivity index (χ2n) is 8.48. The molecule has 1 aliphatic heterocycles. The van der Waals surface area contributed by atoms with Crippen molar-refractivity contribution in [3.8, 4) is 11.5 Å². The number of carbonyl (C=O) groups is 1. The van der Waals surface area contributed by atoms with Crippen LogP contribution in [0.3, 0.4) is 0 Å². The predicted molar refractivity (Wildman–Crippen MR) is 125 cm³/mol. The van der Waals surface area contributed by atoms with Crippen LogP contribution in [0.1, 0.15) is 18.4 Å². The summed E-state index contributed by atoms with van der Waals surface area (Å²) in [5, 5.41) is 3.34. The Labute approximate surface area is 198 Å². The number of nitrogens with one attached hydrogen (secondary N) is 2. The van der Waals surface area contributed by atoms with E-state index in [2.05, 4.69) is 25.3 Å². The average molecular weight is 478 g/mol. The first kappa shape index (κ1) is 22.4. The lowest BCUT2D eigenvalue weighted by Crippen LogP contribution is -2.48. The normalized spacial score (nSPS) is 15.9. The van der Waals surface area contributed by atoms with E-state index in [1.165, 1.54) is 18.5 Å². The highest BCUT2D eigenvalue weighted by atomic mass is 19.1. The smallest absolute Gasteiger partial charge is 0.328 e. The number of nitrogens with zero attached hydrogens (tertiary/aromatic N) is 6. The summed E-state index contributed by atoms with van der Waals surface area (Å²) in [6, 6.07) is 4.56. The Morgan fingerprint density at radius 1 is 1.26 bits per heavy atom. The molecule has 5 rings (SSSR count). The number of imidazole rings is 1. The Hall–Kier alpha value is -4.35. The molecule has 0 aromatic carbocycles. The number of halogens is 1. The van der Waals surface area contributed by atoms with E-state index in [1.807, 2.05) is 0 Å². The van der Waals surface area contributed by atoms with Gasteiger partial charge >= 0.3 is 5.69 Å².